The number of benzene rings is 2. The molecule has 2 aliphatic rings. The fourth-order valence-corrected chi connectivity index (χ4v) is 7.89. The normalized spacial score (nSPS) is 17.0. The minimum atomic E-state index is 0.103. The Morgan fingerprint density at radius 2 is 1.75 bits per heavy atom. The van der Waals surface area contributed by atoms with E-state index in [9.17, 15) is 9.90 Å². The van der Waals surface area contributed by atoms with Crippen molar-refractivity contribution >= 4 is 50.5 Å². The highest BCUT2D eigenvalue weighted by molar-refractivity contribution is 7.20. The minimum absolute atomic E-state index is 0.103. The number of aliphatic hydroxyl groups is 1. The number of hydrogen-bond donors (Lipinski definition) is 3. The number of methoxy groups -OCH3 is 1. The third-order valence-electron chi connectivity index (χ3n) is 8.90. The summed E-state index contributed by atoms with van der Waals surface area (Å²) in [5.74, 6) is 0.613. The van der Waals surface area contributed by atoms with Crippen molar-refractivity contribution in [3.8, 4) is 39.5 Å². The van der Waals surface area contributed by atoms with E-state index in [0.29, 0.717) is 47.7 Å². The van der Waals surface area contributed by atoms with Gasteiger partial charge in [0.25, 0.3) is 0 Å². The van der Waals surface area contributed by atoms with Gasteiger partial charge in [-0.2, -0.15) is 0 Å². The Bertz CT molecular complexity index is 1940. The fraction of sp³-hybridized carbons (Fsp3) is 0.353. The topological polar surface area (TPSA) is 120 Å². The van der Waals surface area contributed by atoms with Gasteiger partial charge in [-0.1, -0.05) is 77.0 Å². The molecule has 0 saturated carbocycles. The van der Waals surface area contributed by atoms with E-state index in [-0.39, 0.29) is 18.6 Å². The molecule has 0 unspecified atom stereocenters. The molecule has 0 bridgehead atoms. The van der Waals surface area contributed by atoms with Crippen LogP contribution >= 0.6 is 34.5 Å². The number of hydrogen-bond acceptors (Lipinski definition) is 10. The summed E-state index contributed by atoms with van der Waals surface area (Å²) in [6.45, 7) is 5.57. The minimum Gasteiger partial charge on any atom is -0.481 e. The van der Waals surface area contributed by atoms with E-state index in [2.05, 4.69) is 25.4 Å². The van der Waals surface area contributed by atoms with Gasteiger partial charge < -0.3 is 25.4 Å². The van der Waals surface area contributed by atoms with Crippen LogP contribution in [0.3, 0.4) is 0 Å². The molecule has 7 rings (SSSR count). The number of anilines is 1. The molecule has 0 aliphatic carbocycles. The first-order chi connectivity index (χ1) is 23.4. The summed E-state index contributed by atoms with van der Waals surface area (Å²) in [6, 6.07) is 15.8. The van der Waals surface area contributed by atoms with Gasteiger partial charge in [0.2, 0.25) is 21.9 Å². The maximum Gasteiger partial charge on any atom is 0.220 e. The van der Waals surface area contributed by atoms with Gasteiger partial charge in [0, 0.05) is 86.1 Å². The van der Waals surface area contributed by atoms with Crippen LogP contribution in [0.5, 0.6) is 5.88 Å². The molecule has 0 spiro atoms. The number of rotatable bonds is 11. The smallest absolute Gasteiger partial charge is 0.220 e. The van der Waals surface area contributed by atoms with E-state index in [1.807, 2.05) is 53.0 Å². The number of carbonyl (C=O) groups excluding carboxylic acids is 1. The zero-order valence-corrected chi connectivity index (χ0v) is 28.8. The number of pyridine rings is 1. The molecule has 3 aromatic heterocycles. The van der Waals surface area contributed by atoms with E-state index in [4.69, 9.17) is 38.0 Å². The first-order valence-corrected chi connectivity index (χ1v) is 17.6. The maximum atomic E-state index is 11.5. The van der Waals surface area contributed by atoms with Crippen LogP contribution in [-0.2, 0) is 11.3 Å². The third kappa shape index (κ3) is 6.60. The number of fused-ring (bicyclic) bond motifs is 1. The first kappa shape index (κ1) is 32.8. The van der Waals surface area contributed by atoms with Crippen LogP contribution < -0.4 is 20.3 Å². The molecule has 2 saturated heterocycles. The number of piperazine rings is 1. The number of imidazole rings is 1. The molecule has 1 amide bonds. The summed E-state index contributed by atoms with van der Waals surface area (Å²) in [6.07, 6.45) is 3.22. The van der Waals surface area contributed by atoms with E-state index in [1.165, 1.54) is 0 Å². The molecule has 2 aliphatic heterocycles. The second kappa shape index (κ2) is 14.4. The summed E-state index contributed by atoms with van der Waals surface area (Å²) >= 11 is 15.8. The van der Waals surface area contributed by atoms with Crippen molar-refractivity contribution in [2.75, 3.05) is 57.9 Å². The molecule has 14 heteroatoms. The molecule has 2 fully saturated rings. The van der Waals surface area contributed by atoms with E-state index in [1.54, 1.807) is 24.6 Å². The number of halogens is 2. The van der Waals surface area contributed by atoms with E-state index >= 15 is 0 Å². The molecular weight excluding hydrogens is 671 g/mol. The van der Waals surface area contributed by atoms with Gasteiger partial charge in [0.05, 0.1) is 41.3 Å². The van der Waals surface area contributed by atoms with Crippen molar-refractivity contribution < 1.29 is 14.6 Å². The van der Waals surface area contributed by atoms with Crippen LogP contribution in [0.2, 0.25) is 10.0 Å². The molecular formula is C34H36Cl2N8O3S. The molecule has 1 atom stereocenters. The van der Waals surface area contributed by atoms with Crippen molar-refractivity contribution in [1.29, 1.82) is 0 Å². The number of β-amino-alcohol motifs (C(OH)–C–C–N with tert-alkyl or cyclic N) is 1. The van der Waals surface area contributed by atoms with Crippen LogP contribution in [0.25, 0.3) is 38.6 Å². The van der Waals surface area contributed by atoms with Crippen LogP contribution in [0.4, 0.5) is 5.13 Å². The molecule has 250 valence electrons. The Hall–Kier alpha value is -3.78. The van der Waals surface area contributed by atoms with Gasteiger partial charge in [-0.25, -0.2) is 14.5 Å². The lowest BCUT2D eigenvalue weighted by atomic mass is 9.98. The number of amides is 1. The molecule has 5 aromatic rings. The summed E-state index contributed by atoms with van der Waals surface area (Å²) in [7, 11) is 1.61. The van der Waals surface area contributed by atoms with Gasteiger partial charge in [0.1, 0.15) is 0 Å². The Morgan fingerprint density at radius 1 is 1.02 bits per heavy atom. The van der Waals surface area contributed by atoms with Crippen LogP contribution in [0.15, 0.2) is 54.7 Å². The second-order valence-corrected chi connectivity index (χ2v) is 13.6. The Labute approximate surface area is 292 Å². The summed E-state index contributed by atoms with van der Waals surface area (Å²) in [4.78, 5) is 26.3. The quantitative estimate of drug-likeness (QED) is 0.175. The number of nitrogens with zero attached hydrogens (tertiary/aromatic N) is 6. The Kier molecular flexibility index (Phi) is 9.81. The fourth-order valence-electron chi connectivity index (χ4n) is 6.32. The lowest BCUT2D eigenvalue weighted by molar-refractivity contribution is -0.119. The first-order valence-electron chi connectivity index (χ1n) is 16.0. The van der Waals surface area contributed by atoms with E-state index in [0.717, 1.165) is 76.2 Å². The number of carbonyl (C=O) groups is 1. The number of nitrogens with one attached hydrogen (secondary N) is 2. The molecule has 2 aromatic carbocycles. The van der Waals surface area contributed by atoms with Gasteiger partial charge in [-0.3, -0.25) is 9.69 Å². The number of aliphatic hydroxyl groups excluding tert-OH is 1. The number of ether oxygens (including phenoxy) is 1. The maximum absolute atomic E-state index is 11.5. The van der Waals surface area contributed by atoms with Crippen molar-refractivity contribution in [3.63, 3.8) is 0 Å². The summed E-state index contributed by atoms with van der Waals surface area (Å²) < 4.78 is 7.52. The molecule has 0 radical (unpaired) electrons. The lowest BCUT2D eigenvalue weighted by Crippen LogP contribution is -2.47. The monoisotopic (exact) mass is 706 g/mol. The van der Waals surface area contributed by atoms with Gasteiger partial charge >= 0.3 is 0 Å². The average molecular weight is 708 g/mol. The Morgan fingerprint density at radius 3 is 2.46 bits per heavy atom. The largest absolute Gasteiger partial charge is 0.481 e. The van der Waals surface area contributed by atoms with Crippen LogP contribution in [-0.4, -0.2) is 94.5 Å². The van der Waals surface area contributed by atoms with Crippen molar-refractivity contribution in [1.82, 2.24) is 35.1 Å². The van der Waals surface area contributed by atoms with Crippen LogP contribution in [0.1, 0.15) is 18.4 Å². The molecule has 3 N–H and O–H groups in total. The van der Waals surface area contributed by atoms with Crippen molar-refractivity contribution in [3.05, 3.63) is 70.3 Å². The standard InChI is InChI=1S/C34H36Cl2N8O3S/c1-47-32-21(18-37-19-22-9-11-29(46)39-22)8-10-27(40-32)25-6-2-4-23(30(25)35)24-5-3-7-26(31(24)36)28-20-38-33-44(28)41-34(48-33)43-14-12-42(13-15-43)16-17-45/h2-8,10,20,22,37,45H,9,11-19H2,1H3,(H,39,46)/t22-/m1/s1. The van der Waals surface area contributed by atoms with Gasteiger partial charge in [-0.05, 0) is 12.5 Å². The molecule has 48 heavy (non-hydrogen) atoms. The summed E-state index contributed by atoms with van der Waals surface area (Å²) in [5, 5.41) is 22.6. The average Bonchev–Trinajstić information content (AvgIpc) is 3.82. The predicted molar refractivity (Wildman–Crippen MR) is 190 cm³/mol. The highest BCUT2D eigenvalue weighted by Crippen LogP contribution is 2.43. The zero-order chi connectivity index (χ0) is 33.2. The third-order valence-corrected chi connectivity index (χ3v) is 10.7. The SMILES string of the molecule is COc1nc(-c2cccc(-c3cccc(-c4cnc5sc(N6CCN(CCO)CC6)nn45)c3Cl)c2Cl)ccc1CNC[C@H]1CCC(=O)N1. The highest BCUT2D eigenvalue weighted by Gasteiger charge is 2.24. The second-order valence-electron chi connectivity index (χ2n) is 11.9. The van der Waals surface area contributed by atoms with Crippen molar-refractivity contribution in [2.45, 2.75) is 25.4 Å². The lowest BCUT2D eigenvalue weighted by Gasteiger charge is -2.33. The highest BCUT2D eigenvalue weighted by atomic mass is 35.5. The van der Waals surface area contributed by atoms with Crippen LogP contribution in [0, 0.1) is 0 Å². The van der Waals surface area contributed by atoms with E-state index < -0.39 is 0 Å². The van der Waals surface area contributed by atoms with Gasteiger partial charge in [0.15, 0.2) is 0 Å². The predicted octanol–water partition coefficient (Wildman–Crippen LogP) is 4.98. The molecule has 5 heterocycles. The summed E-state index contributed by atoms with van der Waals surface area (Å²) in [5.41, 5.74) is 5.54. The number of aromatic nitrogens is 4. The van der Waals surface area contributed by atoms with Gasteiger partial charge in [-0.15, -0.1) is 5.10 Å². The zero-order valence-electron chi connectivity index (χ0n) is 26.5. The Balaban J connectivity index is 1.13. The molecule has 11 nitrogen and oxygen atoms in total. The van der Waals surface area contributed by atoms with Crippen molar-refractivity contribution in [2.24, 2.45) is 0 Å².